The van der Waals surface area contributed by atoms with Crippen LogP contribution in [0.15, 0.2) is 22.8 Å². The van der Waals surface area contributed by atoms with Crippen LogP contribution in [-0.2, 0) is 0 Å². The van der Waals surface area contributed by atoms with Gasteiger partial charge in [0.05, 0.1) is 6.10 Å². The number of hydrogen-bond donors (Lipinski definition) is 1. The molecule has 0 saturated heterocycles. The first-order chi connectivity index (χ1) is 14.4. The van der Waals surface area contributed by atoms with E-state index in [0.717, 1.165) is 18.3 Å². The van der Waals surface area contributed by atoms with Gasteiger partial charge >= 0.3 is 0 Å². The van der Waals surface area contributed by atoms with E-state index >= 15 is 0 Å². The van der Waals surface area contributed by atoms with E-state index in [1.807, 2.05) is 5.57 Å². The lowest BCUT2D eigenvalue weighted by Crippen LogP contribution is -2.63. The fourth-order valence-electron chi connectivity index (χ4n) is 9.76. The molecule has 7 atom stereocenters. The molecule has 1 N–H and O–H groups in total. The molecular weight excluding hydrogens is 376 g/mol. The number of aliphatic hydroxyl groups is 1. The van der Waals surface area contributed by atoms with E-state index < -0.39 is 0 Å². The highest BCUT2D eigenvalue weighted by Crippen LogP contribution is 2.75. The van der Waals surface area contributed by atoms with E-state index in [0.29, 0.717) is 22.2 Å². The molecule has 0 spiro atoms. The largest absolute Gasteiger partial charge is 0.393 e. The molecule has 7 unspecified atom stereocenters. The summed E-state index contributed by atoms with van der Waals surface area (Å²) < 4.78 is 0. The van der Waals surface area contributed by atoms with Gasteiger partial charge < -0.3 is 5.11 Å². The van der Waals surface area contributed by atoms with Crippen molar-refractivity contribution < 1.29 is 5.11 Å². The van der Waals surface area contributed by atoms with Crippen LogP contribution < -0.4 is 0 Å². The third kappa shape index (κ3) is 3.34. The monoisotopic (exact) mass is 426 g/mol. The van der Waals surface area contributed by atoms with Gasteiger partial charge in [0, 0.05) is 0 Å². The first-order valence-corrected chi connectivity index (χ1v) is 13.4. The summed E-state index contributed by atoms with van der Waals surface area (Å²) in [5.74, 6) is 2.30. The fourth-order valence-corrected chi connectivity index (χ4v) is 9.76. The summed E-state index contributed by atoms with van der Waals surface area (Å²) in [5, 5.41) is 10.8. The molecule has 4 aliphatic rings. The second kappa shape index (κ2) is 7.75. The van der Waals surface area contributed by atoms with Crippen LogP contribution in [0.2, 0.25) is 0 Å². The second-order valence-electron chi connectivity index (χ2n) is 13.6. The summed E-state index contributed by atoms with van der Waals surface area (Å²) in [5.41, 5.74) is 6.36. The van der Waals surface area contributed by atoms with E-state index in [-0.39, 0.29) is 11.5 Å². The standard InChI is InChI=1S/C30H50O/c1-20(2)10-9-11-21(3)22-14-18-29(7)23(22)12-13-25-28(6)17-16-26(31)27(4,5)24(28)15-19-30(25,29)8/h10,23-26,31H,9,11-19H2,1-8H3. The van der Waals surface area contributed by atoms with Gasteiger partial charge in [-0.25, -0.2) is 0 Å². The second-order valence-corrected chi connectivity index (χ2v) is 13.6. The number of hydrogen-bond acceptors (Lipinski definition) is 1. The SMILES string of the molecule is CC(C)=CCCC(C)=C1CCC2(C)C1CCC1C3(C)CCC(O)C(C)(C)C3CCC12C. The van der Waals surface area contributed by atoms with Gasteiger partial charge in [0.2, 0.25) is 0 Å². The zero-order valence-corrected chi connectivity index (χ0v) is 21.9. The minimum Gasteiger partial charge on any atom is -0.393 e. The zero-order chi connectivity index (χ0) is 22.8. The molecule has 4 aliphatic carbocycles. The Balaban J connectivity index is 1.64. The fraction of sp³-hybridized carbons (Fsp3) is 0.867. The minimum absolute atomic E-state index is 0.0638. The van der Waals surface area contributed by atoms with Gasteiger partial charge in [-0.15, -0.1) is 0 Å². The van der Waals surface area contributed by atoms with Crippen molar-refractivity contribution in [2.45, 2.75) is 126 Å². The van der Waals surface area contributed by atoms with Crippen molar-refractivity contribution in [3.8, 4) is 0 Å². The number of fused-ring (bicyclic) bond motifs is 5. The number of allylic oxidation sites excluding steroid dienone is 4. The molecule has 31 heavy (non-hydrogen) atoms. The average molecular weight is 427 g/mol. The van der Waals surface area contributed by atoms with Crippen LogP contribution in [0.3, 0.4) is 0 Å². The molecule has 1 heteroatoms. The van der Waals surface area contributed by atoms with E-state index in [9.17, 15) is 5.11 Å². The quantitative estimate of drug-likeness (QED) is 0.449. The highest BCUT2D eigenvalue weighted by molar-refractivity contribution is 5.29. The van der Waals surface area contributed by atoms with E-state index in [1.54, 1.807) is 5.57 Å². The van der Waals surface area contributed by atoms with Crippen molar-refractivity contribution in [1.29, 1.82) is 0 Å². The molecule has 0 amide bonds. The summed E-state index contributed by atoms with van der Waals surface area (Å²) in [4.78, 5) is 0. The van der Waals surface area contributed by atoms with Crippen LogP contribution in [0.5, 0.6) is 0 Å². The van der Waals surface area contributed by atoms with Gasteiger partial charge in [-0.1, -0.05) is 57.4 Å². The average Bonchev–Trinajstić information content (AvgIpc) is 3.03. The smallest absolute Gasteiger partial charge is 0.0594 e. The lowest BCUT2D eigenvalue weighted by Gasteiger charge is -2.69. The van der Waals surface area contributed by atoms with Gasteiger partial charge in [-0.2, -0.15) is 0 Å². The third-order valence-electron chi connectivity index (χ3n) is 11.8. The Kier molecular flexibility index (Phi) is 5.90. The summed E-state index contributed by atoms with van der Waals surface area (Å²) >= 11 is 0. The first kappa shape index (κ1) is 23.6. The normalized spacial score (nSPS) is 47.8. The Labute approximate surface area is 193 Å². The lowest BCUT2D eigenvalue weighted by atomic mass is 9.35. The first-order valence-electron chi connectivity index (χ1n) is 13.4. The van der Waals surface area contributed by atoms with Crippen LogP contribution in [0, 0.1) is 39.4 Å². The maximum atomic E-state index is 10.8. The van der Waals surface area contributed by atoms with Gasteiger partial charge in [-0.05, 0) is 124 Å². The van der Waals surface area contributed by atoms with Crippen LogP contribution in [0.25, 0.3) is 0 Å². The maximum absolute atomic E-state index is 10.8. The summed E-state index contributed by atoms with van der Waals surface area (Å²) in [7, 11) is 0. The minimum atomic E-state index is -0.119. The number of rotatable bonds is 3. The predicted molar refractivity (Wildman–Crippen MR) is 133 cm³/mol. The molecule has 1 nitrogen and oxygen atoms in total. The highest BCUT2D eigenvalue weighted by atomic mass is 16.3. The molecule has 0 radical (unpaired) electrons. The van der Waals surface area contributed by atoms with Crippen molar-refractivity contribution in [3.05, 3.63) is 22.8 Å². The predicted octanol–water partition coefficient (Wildman–Crippen LogP) is 8.48. The Hall–Kier alpha value is -0.560. The van der Waals surface area contributed by atoms with Crippen molar-refractivity contribution in [2.75, 3.05) is 0 Å². The molecule has 0 aromatic carbocycles. The van der Waals surface area contributed by atoms with Gasteiger partial charge in [0.25, 0.3) is 0 Å². The van der Waals surface area contributed by atoms with Crippen LogP contribution in [0.1, 0.15) is 120 Å². The number of aliphatic hydroxyl groups excluding tert-OH is 1. The summed E-state index contributed by atoms with van der Waals surface area (Å²) in [6, 6.07) is 0. The molecular formula is C30H50O. The van der Waals surface area contributed by atoms with Crippen LogP contribution >= 0.6 is 0 Å². The molecule has 4 saturated carbocycles. The molecule has 0 aliphatic heterocycles. The van der Waals surface area contributed by atoms with Crippen molar-refractivity contribution >= 4 is 0 Å². The van der Waals surface area contributed by atoms with Gasteiger partial charge in [0.15, 0.2) is 0 Å². The van der Waals surface area contributed by atoms with E-state index in [2.05, 4.69) is 61.5 Å². The molecule has 4 rings (SSSR count). The zero-order valence-electron chi connectivity index (χ0n) is 21.9. The van der Waals surface area contributed by atoms with Crippen molar-refractivity contribution in [1.82, 2.24) is 0 Å². The van der Waals surface area contributed by atoms with E-state index in [4.69, 9.17) is 0 Å². The highest BCUT2D eigenvalue weighted by Gasteiger charge is 2.67. The molecule has 0 bridgehead atoms. The molecule has 0 aromatic rings. The Morgan fingerprint density at radius 3 is 2.26 bits per heavy atom. The summed E-state index contributed by atoms with van der Waals surface area (Å²) in [6.45, 7) is 19.6. The van der Waals surface area contributed by atoms with Gasteiger partial charge in [-0.3, -0.25) is 0 Å². The lowest BCUT2D eigenvalue weighted by molar-refractivity contribution is -0.217. The molecule has 176 valence electrons. The molecule has 4 fully saturated rings. The Morgan fingerprint density at radius 2 is 1.58 bits per heavy atom. The van der Waals surface area contributed by atoms with E-state index in [1.165, 1.54) is 63.4 Å². The Bertz CT molecular complexity index is 767. The van der Waals surface area contributed by atoms with Gasteiger partial charge in [0.1, 0.15) is 0 Å². The summed E-state index contributed by atoms with van der Waals surface area (Å²) in [6.07, 6.45) is 15.2. The molecule has 0 aromatic heterocycles. The van der Waals surface area contributed by atoms with Crippen molar-refractivity contribution in [3.63, 3.8) is 0 Å². The third-order valence-corrected chi connectivity index (χ3v) is 11.8. The molecule has 0 heterocycles. The Morgan fingerprint density at radius 1 is 0.871 bits per heavy atom. The van der Waals surface area contributed by atoms with Crippen molar-refractivity contribution in [2.24, 2.45) is 39.4 Å². The maximum Gasteiger partial charge on any atom is 0.0594 e. The topological polar surface area (TPSA) is 20.2 Å². The van der Waals surface area contributed by atoms with Crippen LogP contribution in [-0.4, -0.2) is 11.2 Å². The van der Waals surface area contributed by atoms with Crippen LogP contribution in [0.4, 0.5) is 0 Å².